The first kappa shape index (κ1) is 19.8. The molecule has 0 unspecified atom stereocenters. The van der Waals surface area contributed by atoms with Crippen molar-refractivity contribution in [2.24, 2.45) is 0 Å². The maximum atomic E-state index is 10.4. The van der Waals surface area contributed by atoms with E-state index in [-0.39, 0.29) is 22.8 Å². The van der Waals surface area contributed by atoms with Crippen LogP contribution in [0.5, 0.6) is 0 Å². The van der Waals surface area contributed by atoms with Crippen LogP contribution in [-0.4, -0.2) is 18.7 Å². The summed E-state index contributed by atoms with van der Waals surface area (Å²) in [5, 5.41) is 0. The SMILES string of the molecule is CCCCCCCCCCCCS(=O)(=O)O.[Cu]. The molecule has 17 heavy (non-hydrogen) atoms. The molecule has 0 fully saturated rings. The minimum atomic E-state index is -3.73. The third kappa shape index (κ3) is 19.0. The van der Waals surface area contributed by atoms with E-state index in [0.717, 1.165) is 12.8 Å². The smallest absolute Gasteiger partial charge is 0.264 e. The number of rotatable bonds is 11. The molecule has 0 rings (SSSR count). The Hall–Kier alpha value is 0.429. The largest absolute Gasteiger partial charge is 0.286 e. The average molecular weight is 314 g/mol. The third-order valence-electron chi connectivity index (χ3n) is 2.76. The van der Waals surface area contributed by atoms with Crippen LogP contribution in [0.1, 0.15) is 71.1 Å². The van der Waals surface area contributed by atoms with Crippen LogP contribution in [0.25, 0.3) is 0 Å². The Kier molecular flexibility index (Phi) is 15.0. The first-order valence-electron chi connectivity index (χ1n) is 6.51. The molecule has 0 aliphatic heterocycles. The normalized spacial score (nSPS) is 11.2. The molecule has 0 saturated heterocycles. The van der Waals surface area contributed by atoms with Gasteiger partial charge in [-0.25, -0.2) is 0 Å². The summed E-state index contributed by atoms with van der Waals surface area (Å²) < 4.78 is 29.4. The van der Waals surface area contributed by atoms with Gasteiger partial charge in [-0.15, -0.1) is 0 Å². The van der Waals surface area contributed by atoms with Gasteiger partial charge in [0.1, 0.15) is 0 Å². The molecular weight excluding hydrogens is 288 g/mol. The summed E-state index contributed by atoms with van der Waals surface area (Å²) in [5.74, 6) is -0.0799. The van der Waals surface area contributed by atoms with Crippen molar-refractivity contribution in [1.82, 2.24) is 0 Å². The van der Waals surface area contributed by atoms with Gasteiger partial charge in [-0.3, -0.25) is 4.55 Å². The first-order valence-corrected chi connectivity index (χ1v) is 8.12. The fraction of sp³-hybridized carbons (Fsp3) is 1.00. The van der Waals surface area contributed by atoms with E-state index in [1.807, 2.05) is 0 Å². The van der Waals surface area contributed by atoms with E-state index in [1.165, 1.54) is 44.9 Å². The minimum absolute atomic E-state index is 0. The first-order chi connectivity index (χ1) is 7.56. The molecule has 0 amide bonds. The standard InChI is InChI=1S/C12H26O3S.Cu/c1-2-3-4-5-6-7-8-9-10-11-12-16(13,14)15;/h2-12H2,1H3,(H,13,14,15);. The van der Waals surface area contributed by atoms with Crippen LogP contribution < -0.4 is 0 Å². The Balaban J connectivity index is 0. The van der Waals surface area contributed by atoms with Crippen molar-refractivity contribution in [3.05, 3.63) is 0 Å². The topological polar surface area (TPSA) is 54.4 Å². The number of hydrogen-bond donors (Lipinski definition) is 1. The van der Waals surface area contributed by atoms with Crippen LogP contribution in [0, 0.1) is 0 Å². The molecule has 0 spiro atoms. The van der Waals surface area contributed by atoms with Gasteiger partial charge in [0.25, 0.3) is 10.1 Å². The molecule has 0 aromatic rings. The van der Waals surface area contributed by atoms with Crippen molar-refractivity contribution in [3.63, 3.8) is 0 Å². The fourth-order valence-electron chi connectivity index (χ4n) is 1.77. The van der Waals surface area contributed by atoms with Gasteiger partial charge in [-0.1, -0.05) is 64.7 Å². The summed E-state index contributed by atoms with van der Waals surface area (Å²) >= 11 is 0. The second-order valence-corrected chi connectivity index (χ2v) is 6.04. The quantitative estimate of drug-likeness (QED) is 0.359. The molecule has 1 radical (unpaired) electrons. The molecule has 0 aliphatic carbocycles. The molecule has 1 N–H and O–H groups in total. The zero-order valence-electron chi connectivity index (χ0n) is 10.8. The van der Waals surface area contributed by atoms with E-state index in [2.05, 4.69) is 6.92 Å². The molecule has 0 aromatic heterocycles. The van der Waals surface area contributed by atoms with Gasteiger partial charge in [0.05, 0.1) is 5.75 Å². The number of hydrogen-bond acceptors (Lipinski definition) is 2. The molecule has 0 atom stereocenters. The second-order valence-electron chi connectivity index (χ2n) is 4.47. The summed E-state index contributed by atoms with van der Waals surface area (Å²) in [7, 11) is -3.73. The van der Waals surface area contributed by atoms with Gasteiger partial charge in [0.2, 0.25) is 0 Å². The van der Waals surface area contributed by atoms with Crippen molar-refractivity contribution >= 4 is 10.1 Å². The van der Waals surface area contributed by atoms with Crippen LogP contribution in [0.3, 0.4) is 0 Å². The Morgan fingerprint density at radius 2 is 1.12 bits per heavy atom. The van der Waals surface area contributed by atoms with E-state index >= 15 is 0 Å². The van der Waals surface area contributed by atoms with E-state index < -0.39 is 10.1 Å². The van der Waals surface area contributed by atoms with Crippen LogP contribution in [-0.2, 0) is 27.2 Å². The number of unbranched alkanes of at least 4 members (excludes halogenated alkanes) is 9. The third-order valence-corrected chi connectivity index (χ3v) is 3.56. The maximum absolute atomic E-state index is 10.4. The molecule has 0 bridgehead atoms. The Morgan fingerprint density at radius 1 is 0.765 bits per heavy atom. The summed E-state index contributed by atoms with van der Waals surface area (Å²) in [6.45, 7) is 2.22. The van der Waals surface area contributed by atoms with Crippen molar-refractivity contribution in [1.29, 1.82) is 0 Å². The molecule has 0 aromatic carbocycles. The van der Waals surface area contributed by atoms with Crippen molar-refractivity contribution in [2.45, 2.75) is 71.1 Å². The Labute approximate surface area is 117 Å². The van der Waals surface area contributed by atoms with Crippen molar-refractivity contribution < 1.29 is 30.0 Å². The molecular formula is C12H26CuO3S. The Morgan fingerprint density at radius 3 is 1.47 bits per heavy atom. The zero-order chi connectivity index (χ0) is 12.3. The predicted octanol–water partition coefficient (Wildman–Crippen LogP) is 3.79. The minimum Gasteiger partial charge on any atom is -0.286 e. The van der Waals surface area contributed by atoms with Crippen molar-refractivity contribution in [3.8, 4) is 0 Å². The van der Waals surface area contributed by atoms with Gasteiger partial charge in [0, 0.05) is 17.1 Å². The van der Waals surface area contributed by atoms with Gasteiger partial charge in [-0.05, 0) is 6.42 Å². The molecule has 3 nitrogen and oxygen atoms in total. The van der Waals surface area contributed by atoms with E-state index in [1.54, 1.807) is 0 Å². The van der Waals surface area contributed by atoms with Crippen LogP contribution >= 0.6 is 0 Å². The van der Waals surface area contributed by atoms with Crippen LogP contribution in [0.15, 0.2) is 0 Å². The van der Waals surface area contributed by atoms with Gasteiger partial charge in [0.15, 0.2) is 0 Å². The summed E-state index contributed by atoms with van der Waals surface area (Å²) in [6, 6.07) is 0. The van der Waals surface area contributed by atoms with Crippen LogP contribution in [0.4, 0.5) is 0 Å². The second kappa shape index (κ2) is 12.9. The van der Waals surface area contributed by atoms with E-state index in [9.17, 15) is 8.42 Å². The molecule has 0 heterocycles. The van der Waals surface area contributed by atoms with Gasteiger partial charge < -0.3 is 0 Å². The molecule has 5 heteroatoms. The van der Waals surface area contributed by atoms with E-state index in [0.29, 0.717) is 6.42 Å². The maximum Gasteiger partial charge on any atom is 0.264 e. The zero-order valence-corrected chi connectivity index (χ0v) is 12.5. The average Bonchev–Trinajstić information content (AvgIpc) is 2.19. The molecule has 0 saturated carbocycles. The fourth-order valence-corrected chi connectivity index (χ4v) is 2.34. The summed E-state index contributed by atoms with van der Waals surface area (Å²) in [5.41, 5.74) is 0. The van der Waals surface area contributed by atoms with Crippen molar-refractivity contribution in [2.75, 3.05) is 5.75 Å². The van der Waals surface area contributed by atoms with Gasteiger partial charge >= 0.3 is 0 Å². The predicted molar refractivity (Wildman–Crippen MR) is 68.3 cm³/mol. The summed E-state index contributed by atoms with van der Waals surface area (Å²) in [4.78, 5) is 0. The van der Waals surface area contributed by atoms with E-state index in [4.69, 9.17) is 4.55 Å². The summed E-state index contributed by atoms with van der Waals surface area (Å²) in [6.07, 6.45) is 11.7. The van der Waals surface area contributed by atoms with Crippen LogP contribution in [0.2, 0.25) is 0 Å². The Bertz CT molecular complexity index is 240. The van der Waals surface area contributed by atoms with Gasteiger partial charge in [-0.2, -0.15) is 8.42 Å². The molecule has 109 valence electrons. The monoisotopic (exact) mass is 313 g/mol. The molecule has 0 aliphatic rings.